The van der Waals surface area contributed by atoms with Gasteiger partial charge in [0.2, 0.25) is 0 Å². The van der Waals surface area contributed by atoms with E-state index >= 15 is 0 Å². The lowest BCUT2D eigenvalue weighted by atomic mass is 10.1. The maximum Gasteiger partial charge on any atom is 0.426 e. The van der Waals surface area contributed by atoms with E-state index in [4.69, 9.17) is 8.92 Å². The molecule has 8 heteroatoms. The van der Waals surface area contributed by atoms with Crippen LogP contribution in [0.2, 0.25) is 0 Å². The van der Waals surface area contributed by atoms with Gasteiger partial charge in [0.05, 0.1) is 12.6 Å². The lowest BCUT2D eigenvalue weighted by molar-refractivity contribution is 0.0357. The third kappa shape index (κ3) is 3.95. The van der Waals surface area contributed by atoms with Crippen molar-refractivity contribution in [1.82, 2.24) is 4.31 Å². The quantitative estimate of drug-likeness (QED) is 0.831. The Bertz CT molecular complexity index is 651. The van der Waals surface area contributed by atoms with E-state index in [1.807, 2.05) is 0 Å². The Morgan fingerprint density at radius 3 is 2.50 bits per heavy atom. The van der Waals surface area contributed by atoms with Gasteiger partial charge in [-0.1, -0.05) is 12.1 Å². The van der Waals surface area contributed by atoms with Gasteiger partial charge in [0.25, 0.3) is 0 Å². The lowest BCUT2D eigenvalue weighted by Gasteiger charge is -2.25. The number of amides is 1. The summed E-state index contributed by atoms with van der Waals surface area (Å²) in [6.45, 7) is 4.77. The van der Waals surface area contributed by atoms with Gasteiger partial charge in [-0.3, -0.25) is 4.18 Å². The van der Waals surface area contributed by atoms with Gasteiger partial charge in [0.15, 0.2) is 0 Å². The van der Waals surface area contributed by atoms with Gasteiger partial charge >= 0.3 is 16.4 Å². The third-order valence-corrected chi connectivity index (χ3v) is 4.30. The van der Waals surface area contributed by atoms with E-state index in [1.165, 1.54) is 24.3 Å². The summed E-state index contributed by atoms with van der Waals surface area (Å²) in [7, 11) is -4.15. The normalized spacial score (nSPS) is 20.9. The van der Waals surface area contributed by atoms with E-state index in [2.05, 4.69) is 0 Å². The van der Waals surface area contributed by atoms with Gasteiger partial charge in [0.1, 0.15) is 11.4 Å². The molecule has 1 aliphatic rings. The highest BCUT2D eigenvalue weighted by atomic mass is 32.2. The molecule has 1 aliphatic heterocycles. The summed E-state index contributed by atoms with van der Waals surface area (Å²) in [5.74, 6) is -0.386. The molecule has 0 spiro atoms. The Balaban J connectivity index is 2.19. The van der Waals surface area contributed by atoms with E-state index in [0.717, 1.165) is 0 Å². The third-order valence-electron chi connectivity index (χ3n) is 2.94. The standard InChI is InChI=1S/C14H18FNO5S/c1-14(2,3)21-13(17)16-12(9-20-22(16,18)19)8-10-4-6-11(15)7-5-10/h4-7,12H,8-9H2,1-3H3/t12-/m1/s1. The summed E-state index contributed by atoms with van der Waals surface area (Å²) < 4.78 is 47.1. The molecule has 122 valence electrons. The van der Waals surface area contributed by atoms with Crippen LogP contribution < -0.4 is 0 Å². The topological polar surface area (TPSA) is 72.9 Å². The van der Waals surface area contributed by atoms with Crippen molar-refractivity contribution in [1.29, 1.82) is 0 Å². The van der Waals surface area contributed by atoms with Crippen molar-refractivity contribution in [3.8, 4) is 0 Å². The minimum Gasteiger partial charge on any atom is -0.443 e. The number of ether oxygens (including phenoxy) is 1. The molecule has 0 radical (unpaired) electrons. The number of benzene rings is 1. The molecule has 0 aromatic heterocycles. The van der Waals surface area contributed by atoms with Crippen molar-refractivity contribution < 1.29 is 26.5 Å². The molecule has 2 rings (SSSR count). The van der Waals surface area contributed by atoms with Crippen molar-refractivity contribution in [3.63, 3.8) is 0 Å². The van der Waals surface area contributed by atoms with E-state index in [0.29, 0.717) is 9.87 Å². The fourth-order valence-electron chi connectivity index (χ4n) is 2.05. The molecule has 1 fully saturated rings. The summed E-state index contributed by atoms with van der Waals surface area (Å²) in [5, 5.41) is 0. The van der Waals surface area contributed by atoms with E-state index in [-0.39, 0.29) is 18.8 Å². The first-order chi connectivity index (χ1) is 10.1. The zero-order valence-corrected chi connectivity index (χ0v) is 13.4. The maximum absolute atomic E-state index is 12.9. The van der Waals surface area contributed by atoms with E-state index in [9.17, 15) is 17.6 Å². The molecule has 1 atom stereocenters. The largest absolute Gasteiger partial charge is 0.443 e. The van der Waals surface area contributed by atoms with Crippen molar-refractivity contribution in [2.45, 2.75) is 38.8 Å². The smallest absolute Gasteiger partial charge is 0.426 e. The summed E-state index contributed by atoms with van der Waals surface area (Å²) >= 11 is 0. The van der Waals surface area contributed by atoms with Crippen LogP contribution in [0.5, 0.6) is 0 Å². The molecule has 0 aliphatic carbocycles. The minimum absolute atomic E-state index is 0.154. The second kappa shape index (κ2) is 5.85. The Kier molecular flexibility index (Phi) is 4.44. The molecule has 0 bridgehead atoms. The zero-order chi connectivity index (χ0) is 16.5. The first-order valence-corrected chi connectivity index (χ1v) is 8.11. The van der Waals surface area contributed by atoms with Crippen molar-refractivity contribution in [2.24, 2.45) is 0 Å². The molecule has 6 nitrogen and oxygen atoms in total. The number of carbonyl (C=O) groups is 1. The second-order valence-electron chi connectivity index (χ2n) is 6.00. The molecule has 1 aromatic carbocycles. The summed E-state index contributed by atoms with van der Waals surface area (Å²) in [6, 6.07) is 4.90. The summed E-state index contributed by atoms with van der Waals surface area (Å²) in [4.78, 5) is 12.1. The fraction of sp³-hybridized carbons (Fsp3) is 0.500. The molecule has 0 unspecified atom stereocenters. The second-order valence-corrected chi connectivity index (χ2v) is 7.49. The number of hydrogen-bond acceptors (Lipinski definition) is 5. The number of nitrogens with zero attached hydrogens (tertiary/aromatic N) is 1. The van der Waals surface area contributed by atoms with Crippen LogP contribution in [0, 0.1) is 5.82 Å². The Morgan fingerprint density at radius 2 is 1.95 bits per heavy atom. The van der Waals surface area contributed by atoms with Crippen LogP contribution in [0.4, 0.5) is 9.18 Å². The molecular weight excluding hydrogens is 313 g/mol. The molecule has 1 heterocycles. The predicted octanol–water partition coefficient (Wildman–Crippen LogP) is 2.25. The Morgan fingerprint density at radius 1 is 1.36 bits per heavy atom. The van der Waals surface area contributed by atoms with Crippen molar-refractivity contribution in [2.75, 3.05) is 6.61 Å². The summed E-state index contributed by atoms with van der Waals surface area (Å²) in [5.41, 5.74) is -0.129. The summed E-state index contributed by atoms with van der Waals surface area (Å²) in [6.07, 6.45) is -0.754. The molecule has 1 amide bonds. The number of hydrogen-bond donors (Lipinski definition) is 0. The molecular formula is C14H18FNO5S. The van der Waals surface area contributed by atoms with Crippen LogP contribution in [-0.4, -0.2) is 37.1 Å². The molecule has 0 N–H and O–H groups in total. The SMILES string of the molecule is CC(C)(C)OC(=O)N1[C@H](Cc2ccc(F)cc2)COS1(=O)=O. The number of halogens is 1. The fourth-order valence-corrected chi connectivity index (χ4v) is 3.22. The average molecular weight is 331 g/mol. The van der Waals surface area contributed by atoms with Crippen LogP contribution in [0.1, 0.15) is 26.3 Å². The van der Waals surface area contributed by atoms with E-state index < -0.39 is 28.0 Å². The highest BCUT2D eigenvalue weighted by molar-refractivity contribution is 7.85. The predicted molar refractivity (Wildman–Crippen MR) is 76.8 cm³/mol. The Labute approximate surface area is 129 Å². The minimum atomic E-state index is -4.15. The molecule has 22 heavy (non-hydrogen) atoms. The van der Waals surface area contributed by atoms with Crippen LogP contribution in [-0.2, 0) is 25.6 Å². The van der Waals surface area contributed by atoms with Crippen LogP contribution in [0.15, 0.2) is 24.3 Å². The van der Waals surface area contributed by atoms with Crippen molar-refractivity contribution >= 4 is 16.4 Å². The van der Waals surface area contributed by atoms with Gasteiger partial charge in [-0.05, 0) is 44.9 Å². The molecule has 0 saturated carbocycles. The first kappa shape index (κ1) is 16.7. The monoisotopic (exact) mass is 331 g/mol. The van der Waals surface area contributed by atoms with Crippen LogP contribution in [0.3, 0.4) is 0 Å². The first-order valence-electron chi connectivity index (χ1n) is 6.75. The lowest BCUT2D eigenvalue weighted by Crippen LogP contribution is -2.43. The highest BCUT2D eigenvalue weighted by Gasteiger charge is 2.44. The van der Waals surface area contributed by atoms with E-state index in [1.54, 1.807) is 20.8 Å². The highest BCUT2D eigenvalue weighted by Crippen LogP contribution is 2.25. The van der Waals surface area contributed by atoms with Crippen LogP contribution in [0.25, 0.3) is 0 Å². The Hall–Kier alpha value is -1.67. The molecule has 1 saturated heterocycles. The van der Waals surface area contributed by atoms with Gasteiger partial charge in [-0.15, -0.1) is 0 Å². The van der Waals surface area contributed by atoms with Gasteiger partial charge in [0, 0.05) is 0 Å². The number of rotatable bonds is 2. The number of carbonyl (C=O) groups excluding carboxylic acids is 1. The molecule has 1 aromatic rings. The van der Waals surface area contributed by atoms with Crippen molar-refractivity contribution in [3.05, 3.63) is 35.6 Å². The maximum atomic E-state index is 12.9. The van der Waals surface area contributed by atoms with Gasteiger partial charge in [-0.25, -0.2) is 9.18 Å². The zero-order valence-electron chi connectivity index (χ0n) is 12.6. The van der Waals surface area contributed by atoms with Gasteiger partial charge < -0.3 is 4.74 Å². The van der Waals surface area contributed by atoms with Gasteiger partial charge in [-0.2, -0.15) is 12.7 Å². The average Bonchev–Trinajstić information content (AvgIpc) is 2.65. The van der Waals surface area contributed by atoms with Crippen LogP contribution >= 0.6 is 0 Å².